The van der Waals surface area contributed by atoms with E-state index in [9.17, 15) is 4.57 Å². The second-order valence-electron chi connectivity index (χ2n) is 7.04. The number of hydrogen-bond donors (Lipinski definition) is 0. The molecule has 1 aromatic carbocycles. The van der Waals surface area contributed by atoms with Crippen LogP contribution in [0, 0.1) is 27.7 Å². The molecule has 4 heterocycles. The lowest BCUT2D eigenvalue weighted by atomic mass is 10.0. The van der Waals surface area contributed by atoms with Crippen molar-refractivity contribution in [3.63, 3.8) is 0 Å². The van der Waals surface area contributed by atoms with Gasteiger partial charge in [0.05, 0.1) is 5.30 Å². The van der Waals surface area contributed by atoms with Crippen LogP contribution in [0.2, 0.25) is 0 Å². The molecule has 1 atom stereocenters. The normalized spacial score (nSPS) is 15.2. The fraction of sp³-hybridized carbons (Fsp3) is 0.182. The highest BCUT2D eigenvalue weighted by Gasteiger charge is 2.36. The Morgan fingerprint density at radius 1 is 0.815 bits per heavy atom. The molecule has 136 valence electrons. The Morgan fingerprint density at radius 3 is 2.07 bits per heavy atom. The standard InChI is InChI=1S/C22H19O2PS2/c1-11-9-16(13(3)26-11)19-20(17-10-12(2)27-14(17)4)24-21-15-7-5-6-8-18(15)25(23)22(19)21/h5-10,25H,1-4H3. The SMILES string of the molecule is Cc1cc(-c2oc3c(c2-c2cc(C)sc2C)[PH](=O)c2ccccc2-3)c(C)s1. The highest BCUT2D eigenvalue weighted by molar-refractivity contribution is 7.63. The molecule has 27 heavy (non-hydrogen) atoms. The van der Waals surface area contributed by atoms with Gasteiger partial charge in [-0.15, -0.1) is 22.7 Å². The lowest BCUT2D eigenvalue weighted by molar-refractivity contribution is 0.597. The van der Waals surface area contributed by atoms with Gasteiger partial charge in [-0.25, -0.2) is 0 Å². The second-order valence-corrected chi connectivity index (χ2v) is 11.7. The minimum Gasteiger partial charge on any atom is -0.455 e. The van der Waals surface area contributed by atoms with E-state index < -0.39 is 7.80 Å². The summed E-state index contributed by atoms with van der Waals surface area (Å²) in [7, 11) is -2.08. The van der Waals surface area contributed by atoms with Gasteiger partial charge in [-0.2, -0.15) is 0 Å². The lowest BCUT2D eigenvalue weighted by Gasteiger charge is -2.06. The fourth-order valence-corrected chi connectivity index (χ4v) is 7.71. The minimum absolute atomic E-state index is 0.797. The number of hydrogen-bond acceptors (Lipinski definition) is 4. The molecule has 1 unspecified atom stereocenters. The zero-order valence-corrected chi connectivity index (χ0v) is 18.2. The van der Waals surface area contributed by atoms with Crippen molar-refractivity contribution in [1.29, 1.82) is 0 Å². The molecule has 0 aliphatic carbocycles. The molecule has 0 amide bonds. The summed E-state index contributed by atoms with van der Waals surface area (Å²) in [6.07, 6.45) is 0. The van der Waals surface area contributed by atoms with Crippen LogP contribution in [0.4, 0.5) is 0 Å². The molecule has 0 N–H and O–H groups in total. The van der Waals surface area contributed by atoms with E-state index in [0.29, 0.717) is 0 Å². The number of rotatable bonds is 2. The summed E-state index contributed by atoms with van der Waals surface area (Å²) in [5.41, 5.74) is 4.30. The van der Waals surface area contributed by atoms with Crippen molar-refractivity contribution >= 4 is 41.1 Å². The molecule has 0 saturated heterocycles. The molecule has 5 heteroatoms. The van der Waals surface area contributed by atoms with Crippen LogP contribution in [-0.2, 0) is 4.57 Å². The topological polar surface area (TPSA) is 30.2 Å². The van der Waals surface area contributed by atoms with E-state index in [0.717, 1.165) is 44.4 Å². The van der Waals surface area contributed by atoms with Gasteiger partial charge in [0.25, 0.3) is 0 Å². The van der Waals surface area contributed by atoms with Gasteiger partial charge in [-0.05, 0) is 39.8 Å². The van der Waals surface area contributed by atoms with Crippen molar-refractivity contribution in [2.75, 3.05) is 0 Å². The first kappa shape index (κ1) is 17.2. The van der Waals surface area contributed by atoms with Crippen LogP contribution in [-0.4, -0.2) is 0 Å². The average molecular weight is 411 g/mol. The maximum absolute atomic E-state index is 13.5. The maximum Gasteiger partial charge on any atom is 0.147 e. The number of thiophene rings is 2. The Labute approximate surface area is 167 Å². The summed E-state index contributed by atoms with van der Waals surface area (Å²) in [5, 5.41) is 1.83. The van der Waals surface area contributed by atoms with E-state index in [4.69, 9.17) is 4.42 Å². The largest absolute Gasteiger partial charge is 0.455 e. The summed E-state index contributed by atoms with van der Waals surface area (Å²) >= 11 is 3.56. The predicted octanol–water partition coefficient (Wildman–Crippen LogP) is 6.46. The van der Waals surface area contributed by atoms with Crippen molar-refractivity contribution in [2.24, 2.45) is 0 Å². The van der Waals surface area contributed by atoms with Gasteiger partial charge in [0.1, 0.15) is 19.3 Å². The Bertz CT molecular complexity index is 1240. The quantitative estimate of drug-likeness (QED) is 0.313. The third-order valence-electron chi connectivity index (χ3n) is 5.15. The third kappa shape index (κ3) is 2.47. The molecule has 2 nitrogen and oxygen atoms in total. The van der Waals surface area contributed by atoms with Gasteiger partial charge < -0.3 is 8.98 Å². The fourth-order valence-electron chi connectivity index (χ4n) is 4.03. The van der Waals surface area contributed by atoms with E-state index in [-0.39, 0.29) is 0 Å². The van der Waals surface area contributed by atoms with Gasteiger partial charge in [-0.1, -0.05) is 24.3 Å². The van der Waals surface area contributed by atoms with Crippen LogP contribution in [0.5, 0.6) is 0 Å². The number of aryl methyl sites for hydroxylation is 4. The minimum atomic E-state index is -2.08. The molecule has 1 aliphatic heterocycles. The predicted molar refractivity (Wildman–Crippen MR) is 118 cm³/mol. The number of benzene rings is 1. The van der Waals surface area contributed by atoms with Crippen molar-refractivity contribution in [1.82, 2.24) is 0 Å². The van der Waals surface area contributed by atoms with Gasteiger partial charge in [-0.3, -0.25) is 0 Å². The van der Waals surface area contributed by atoms with Gasteiger partial charge >= 0.3 is 0 Å². The van der Waals surface area contributed by atoms with E-state index in [1.807, 2.05) is 24.3 Å². The molecule has 5 rings (SSSR count). The van der Waals surface area contributed by atoms with Crippen LogP contribution in [0.25, 0.3) is 33.8 Å². The summed E-state index contributed by atoms with van der Waals surface area (Å²) in [4.78, 5) is 5.00. The Morgan fingerprint density at radius 2 is 1.44 bits per heavy atom. The summed E-state index contributed by atoms with van der Waals surface area (Å²) in [6.45, 7) is 8.52. The van der Waals surface area contributed by atoms with Crippen LogP contribution >= 0.6 is 30.5 Å². The molecule has 0 spiro atoms. The smallest absolute Gasteiger partial charge is 0.147 e. The van der Waals surface area contributed by atoms with E-state index in [1.54, 1.807) is 22.7 Å². The third-order valence-corrected chi connectivity index (χ3v) is 8.94. The summed E-state index contributed by atoms with van der Waals surface area (Å²) in [6, 6.07) is 12.3. The van der Waals surface area contributed by atoms with Gasteiger partial charge in [0.15, 0.2) is 0 Å². The highest BCUT2D eigenvalue weighted by atomic mass is 32.1. The zero-order valence-electron chi connectivity index (χ0n) is 15.6. The summed E-state index contributed by atoms with van der Waals surface area (Å²) < 4.78 is 20.0. The van der Waals surface area contributed by atoms with Crippen LogP contribution in [0.15, 0.2) is 40.8 Å². The second kappa shape index (κ2) is 6.07. The van der Waals surface area contributed by atoms with Crippen LogP contribution < -0.4 is 10.6 Å². The first-order valence-electron chi connectivity index (χ1n) is 8.91. The molecule has 0 radical (unpaired) electrons. The zero-order chi connectivity index (χ0) is 18.9. The molecule has 3 aromatic heterocycles. The van der Waals surface area contributed by atoms with Crippen molar-refractivity contribution in [3.05, 3.63) is 55.9 Å². The van der Waals surface area contributed by atoms with Crippen LogP contribution in [0.3, 0.4) is 0 Å². The molecular weight excluding hydrogens is 391 g/mol. The van der Waals surface area contributed by atoms with E-state index in [1.165, 1.54) is 19.5 Å². The average Bonchev–Trinajstić information content (AvgIpc) is 3.33. The maximum atomic E-state index is 13.5. The van der Waals surface area contributed by atoms with Crippen molar-refractivity contribution in [3.8, 4) is 33.8 Å². The molecule has 0 bridgehead atoms. The first-order chi connectivity index (χ1) is 13.0. The monoisotopic (exact) mass is 410 g/mol. The molecule has 0 fully saturated rings. The lowest BCUT2D eigenvalue weighted by Crippen LogP contribution is -2.01. The Hall–Kier alpha value is -1.87. The van der Waals surface area contributed by atoms with Gasteiger partial charge in [0, 0.05) is 47.1 Å². The van der Waals surface area contributed by atoms with E-state index in [2.05, 4.69) is 39.8 Å². The van der Waals surface area contributed by atoms with Gasteiger partial charge in [0.2, 0.25) is 0 Å². The van der Waals surface area contributed by atoms with Crippen LogP contribution in [0.1, 0.15) is 19.5 Å². The molecule has 4 aromatic rings. The number of furan rings is 1. The number of fused-ring (bicyclic) bond motifs is 3. The van der Waals surface area contributed by atoms with Crippen molar-refractivity contribution in [2.45, 2.75) is 27.7 Å². The molecular formula is C22H19O2PS2. The van der Waals surface area contributed by atoms with E-state index >= 15 is 0 Å². The molecule has 0 saturated carbocycles. The molecule has 1 aliphatic rings. The Kier molecular flexibility index (Phi) is 3.87. The van der Waals surface area contributed by atoms with Crippen molar-refractivity contribution < 1.29 is 8.98 Å². The summed E-state index contributed by atoms with van der Waals surface area (Å²) in [5.74, 6) is 1.67. The highest BCUT2D eigenvalue weighted by Crippen LogP contribution is 2.50. The first-order valence-corrected chi connectivity index (χ1v) is 12.0. The Balaban J connectivity index is 1.89.